The minimum Gasteiger partial charge on any atom is -0.872 e. The van der Waals surface area contributed by atoms with Crippen molar-refractivity contribution in [2.75, 3.05) is 13.1 Å². The zero-order chi connectivity index (χ0) is 22.7. The Balaban J connectivity index is 0. The van der Waals surface area contributed by atoms with Gasteiger partial charge in [-0.05, 0) is 18.1 Å². The van der Waals surface area contributed by atoms with Gasteiger partial charge in [0, 0.05) is 42.7 Å². The Hall–Kier alpha value is -3.87. The fourth-order valence-electron chi connectivity index (χ4n) is 1.94. The third-order valence-electron chi connectivity index (χ3n) is 3.23. The van der Waals surface area contributed by atoms with Crippen molar-refractivity contribution in [1.82, 2.24) is 0 Å². The number of nitro benzene ring substituents is 2. The van der Waals surface area contributed by atoms with Crippen LogP contribution in [0.15, 0.2) is 46.4 Å². The maximum atomic E-state index is 11.6. The molecule has 2 rings (SSSR count). The van der Waals surface area contributed by atoms with Gasteiger partial charge in [0.15, 0.2) is 0 Å². The van der Waals surface area contributed by atoms with E-state index < -0.39 is 27.3 Å². The summed E-state index contributed by atoms with van der Waals surface area (Å²) in [6.07, 6.45) is 2.44. The SMILES string of the molecule is CC(=O)[O-].O.O=[N+]([O-])c1ccc([O-])c(C=NCCN=Cc2cc([N+](=O)[O-])ccc2[O-])c1.[Mn+3]. The van der Waals surface area contributed by atoms with E-state index in [1.807, 2.05) is 0 Å². The number of aliphatic imine (C=N–C) groups is 2. The van der Waals surface area contributed by atoms with Gasteiger partial charge < -0.3 is 25.6 Å². The monoisotopic (exact) mass is 488 g/mol. The van der Waals surface area contributed by atoms with Crippen molar-refractivity contribution in [3.63, 3.8) is 0 Å². The van der Waals surface area contributed by atoms with Gasteiger partial charge in [-0.1, -0.05) is 23.6 Å². The van der Waals surface area contributed by atoms with Gasteiger partial charge in [-0.15, -0.1) is 0 Å². The predicted octanol–water partition coefficient (Wildman–Crippen LogP) is -0.883. The van der Waals surface area contributed by atoms with Gasteiger partial charge in [0.25, 0.3) is 11.4 Å². The Labute approximate surface area is 191 Å². The molecule has 2 aromatic rings. The molecule has 2 aromatic carbocycles. The summed E-state index contributed by atoms with van der Waals surface area (Å²) >= 11 is 0. The van der Waals surface area contributed by atoms with Crippen molar-refractivity contribution in [3.8, 4) is 11.5 Å². The molecule has 0 aliphatic rings. The summed E-state index contributed by atoms with van der Waals surface area (Å²) in [5.41, 5.74) is -0.247. The molecule has 0 heterocycles. The molecule has 0 unspecified atom stereocenters. The van der Waals surface area contributed by atoms with E-state index in [0.717, 1.165) is 43.3 Å². The molecule has 0 atom stereocenters. The number of carbonyl (C=O) groups excluding carboxylic acids is 1. The van der Waals surface area contributed by atoms with E-state index in [1.165, 1.54) is 12.4 Å². The number of rotatable bonds is 7. The molecule has 170 valence electrons. The van der Waals surface area contributed by atoms with Crippen LogP contribution < -0.4 is 15.3 Å². The quantitative estimate of drug-likeness (QED) is 0.156. The zero-order valence-electron chi connectivity index (χ0n) is 16.5. The first-order valence-corrected chi connectivity index (χ1v) is 8.20. The Bertz CT molecular complexity index is 919. The molecule has 0 aliphatic carbocycles. The van der Waals surface area contributed by atoms with Gasteiger partial charge in [-0.3, -0.25) is 30.2 Å². The summed E-state index contributed by atoms with van der Waals surface area (Å²) < 4.78 is 0. The van der Waals surface area contributed by atoms with Gasteiger partial charge in [0.1, 0.15) is 0 Å². The van der Waals surface area contributed by atoms with Gasteiger partial charge >= 0.3 is 17.1 Å². The Kier molecular flexibility index (Phi) is 14.2. The Morgan fingerprint density at radius 3 is 1.47 bits per heavy atom. The number of carbonyl (C=O) groups is 1. The van der Waals surface area contributed by atoms with Crippen molar-refractivity contribution in [3.05, 3.63) is 67.8 Å². The van der Waals surface area contributed by atoms with E-state index in [4.69, 9.17) is 9.90 Å². The average molecular weight is 488 g/mol. The third kappa shape index (κ3) is 10.8. The number of aliphatic carboxylic acids is 1. The molecule has 0 amide bonds. The van der Waals surface area contributed by atoms with E-state index in [9.17, 15) is 30.4 Å². The van der Waals surface area contributed by atoms with Crippen LogP contribution in [0.5, 0.6) is 11.5 Å². The van der Waals surface area contributed by atoms with Crippen molar-refractivity contribution < 1.29 is 52.5 Å². The standard InChI is InChI=1S/C16H14N4O6.C2H4O2.Mn.H2O/c21-15-3-1-13(19(23)24)7-11(15)9-17-5-6-18-10-12-8-14(20(25)26)2-4-16(12)22;1-2(3)4;;/h1-4,7-10,21-22H,5-6H2;1H3,(H,3,4);;1H2/q;;+3;/p-3. The smallest absolute Gasteiger partial charge is 0.872 e. The van der Waals surface area contributed by atoms with Crippen molar-refractivity contribution >= 4 is 29.8 Å². The Morgan fingerprint density at radius 1 is 0.875 bits per heavy atom. The molecule has 0 spiro atoms. The molecule has 0 radical (unpaired) electrons. The normalized spacial score (nSPS) is 9.91. The van der Waals surface area contributed by atoms with Crippen LogP contribution in [0, 0.1) is 20.2 Å². The maximum absolute atomic E-state index is 11.6. The summed E-state index contributed by atoms with van der Waals surface area (Å²) in [4.78, 5) is 36.9. The fraction of sp³-hybridized carbons (Fsp3) is 0.167. The number of hydrogen-bond acceptors (Lipinski definition) is 10. The van der Waals surface area contributed by atoms with Gasteiger partial charge in [0.05, 0.1) is 22.9 Å². The fourth-order valence-corrected chi connectivity index (χ4v) is 1.94. The van der Waals surface area contributed by atoms with Gasteiger partial charge in [0.2, 0.25) is 0 Å². The van der Waals surface area contributed by atoms with Crippen LogP contribution in [0.4, 0.5) is 11.4 Å². The molecule has 32 heavy (non-hydrogen) atoms. The summed E-state index contributed by atoms with van der Waals surface area (Å²) in [5, 5.41) is 53.4. The molecule has 2 N–H and O–H groups in total. The summed E-state index contributed by atoms with van der Waals surface area (Å²) in [7, 11) is 0. The predicted molar refractivity (Wildman–Crippen MR) is 104 cm³/mol. The summed E-state index contributed by atoms with van der Waals surface area (Å²) in [5.74, 6) is -1.87. The molecular weight excluding hydrogens is 471 g/mol. The molecule has 14 heteroatoms. The van der Waals surface area contributed by atoms with Crippen LogP contribution >= 0.6 is 0 Å². The van der Waals surface area contributed by atoms with Crippen molar-refractivity contribution in [2.45, 2.75) is 6.92 Å². The second-order valence-electron chi connectivity index (χ2n) is 5.52. The maximum Gasteiger partial charge on any atom is 3.00 e. The third-order valence-corrected chi connectivity index (χ3v) is 3.23. The van der Waals surface area contributed by atoms with Crippen molar-refractivity contribution in [1.29, 1.82) is 0 Å². The number of carboxylic acids is 1. The van der Waals surface area contributed by atoms with E-state index in [-0.39, 0.29) is 58.1 Å². The molecule has 0 saturated carbocycles. The molecule has 13 nitrogen and oxygen atoms in total. The minimum atomic E-state index is -1.08. The van der Waals surface area contributed by atoms with E-state index in [0.29, 0.717) is 0 Å². The topological polar surface area (TPSA) is 229 Å². The average Bonchev–Trinajstić information content (AvgIpc) is 2.66. The minimum absolute atomic E-state index is 0. The van der Waals surface area contributed by atoms with Gasteiger partial charge in [-0.2, -0.15) is 0 Å². The van der Waals surface area contributed by atoms with Crippen LogP contribution in [0.3, 0.4) is 0 Å². The molecule has 0 saturated heterocycles. The molecule has 0 aliphatic heterocycles. The first-order chi connectivity index (χ1) is 14.1. The van der Waals surface area contributed by atoms with Crippen LogP contribution in [-0.4, -0.2) is 46.8 Å². The molecule has 0 fully saturated rings. The number of hydrogen-bond donors (Lipinski definition) is 0. The van der Waals surface area contributed by atoms with Crippen LogP contribution in [0.25, 0.3) is 0 Å². The molecular formula is C18H17MnN4O9. The first-order valence-electron chi connectivity index (χ1n) is 8.20. The first kappa shape index (κ1) is 30.3. The molecule has 0 aromatic heterocycles. The number of non-ortho nitro benzene ring substituents is 2. The zero-order valence-corrected chi connectivity index (χ0v) is 17.6. The van der Waals surface area contributed by atoms with Crippen molar-refractivity contribution in [2.24, 2.45) is 9.98 Å². The largest absolute Gasteiger partial charge is 3.00 e. The number of nitrogens with zero attached hydrogens (tertiary/aromatic N) is 4. The van der Waals surface area contributed by atoms with Crippen LogP contribution in [0.2, 0.25) is 0 Å². The van der Waals surface area contributed by atoms with E-state index in [2.05, 4.69) is 9.98 Å². The second-order valence-corrected chi connectivity index (χ2v) is 5.52. The van der Waals surface area contributed by atoms with Crippen LogP contribution in [0.1, 0.15) is 18.1 Å². The number of benzene rings is 2. The summed E-state index contributed by atoms with van der Waals surface area (Å²) in [6, 6.07) is 6.67. The molecule has 0 bridgehead atoms. The summed E-state index contributed by atoms with van der Waals surface area (Å²) in [6.45, 7) is 1.31. The second kappa shape index (κ2) is 15.0. The Morgan fingerprint density at radius 2 is 1.19 bits per heavy atom. The van der Waals surface area contributed by atoms with E-state index >= 15 is 0 Å². The number of nitro groups is 2. The van der Waals surface area contributed by atoms with E-state index in [1.54, 1.807) is 0 Å². The van der Waals surface area contributed by atoms with Crippen LogP contribution in [-0.2, 0) is 21.9 Å². The van der Waals surface area contributed by atoms with Gasteiger partial charge in [-0.25, -0.2) is 0 Å². The number of carboxylic acid groups (broad SMARTS) is 1.